The second kappa shape index (κ2) is 13.2. The van der Waals surface area contributed by atoms with Gasteiger partial charge in [0.15, 0.2) is 0 Å². The Morgan fingerprint density at radius 1 is 1.04 bits per heavy atom. The molecule has 0 radical (unpaired) electrons. The minimum absolute atomic E-state index is 0. The normalized spacial score (nSPS) is 13.1. The molecule has 46 heavy (non-hydrogen) atoms. The fourth-order valence-electron chi connectivity index (χ4n) is 6.20. The first-order valence-electron chi connectivity index (χ1n) is 14.9. The number of nitrogens with zero attached hydrogens (tertiary/aromatic N) is 3. The maximum Gasteiger partial charge on any atom is 0.416 e. The zero-order valence-corrected chi connectivity index (χ0v) is 26.2. The van der Waals surface area contributed by atoms with Gasteiger partial charge in [-0.15, -0.1) is 12.4 Å². The number of carbonyl (C=O) groups excluding carboxylic acids is 1. The summed E-state index contributed by atoms with van der Waals surface area (Å²) in [6.45, 7) is 4.56. The highest BCUT2D eigenvalue weighted by molar-refractivity contribution is 5.98. The highest BCUT2D eigenvalue weighted by Crippen LogP contribution is 2.41. The number of nitrogens with one attached hydrogen (secondary N) is 1. The molecule has 0 aliphatic carbocycles. The van der Waals surface area contributed by atoms with Crippen LogP contribution < -0.4 is 10.6 Å². The Labute approximate surface area is 269 Å². The lowest BCUT2D eigenvalue weighted by Crippen LogP contribution is -2.30. The van der Waals surface area contributed by atoms with E-state index >= 15 is 4.39 Å². The summed E-state index contributed by atoms with van der Waals surface area (Å²) in [4.78, 5) is 16.9. The summed E-state index contributed by atoms with van der Waals surface area (Å²) in [5.41, 5.74) is 12.0. The second-order valence-corrected chi connectivity index (χ2v) is 11.1. The van der Waals surface area contributed by atoms with Crippen LogP contribution in [0.5, 0.6) is 0 Å². The Bertz CT molecular complexity index is 1860. The highest BCUT2D eigenvalue weighted by Gasteiger charge is 2.33. The molecular weight excluding hydrogens is 622 g/mol. The third-order valence-electron chi connectivity index (χ3n) is 8.44. The summed E-state index contributed by atoms with van der Waals surface area (Å²) < 4.78 is 63.4. The summed E-state index contributed by atoms with van der Waals surface area (Å²) in [6.07, 6.45) is -0.728. The molecule has 3 N–H and O–H groups in total. The Morgan fingerprint density at radius 3 is 2.37 bits per heavy atom. The molecule has 3 aromatic carbocycles. The Morgan fingerprint density at radius 2 is 1.74 bits per heavy atom. The number of ether oxygens (including phenoxy) is 1. The van der Waals surface area contributed by atoms with Gasteiger partial charge < -0.3 is 20.4 Å². The molecule has 1 aliphatic heterocycles. The summed E-state index contributed by atoms with van der Waals surface area (Å²) in [5, 5.41) is 5.69. The number of para-hydroxylation sites is 1. The first-order chi connectivity index (χ1) is 21.6. The first kappa shape index (κ1) is 33.0. The van der Waals surface area contributed by atoms with Crippen LogP contribution in [0.15, 0.2) is 60.8 Å². The van der Waals surface area contributed by atoms with Gasteiger partial charge in [-0.1, -0.05) is 32.0 Å². The number of halogens is 5. The van der Waals surface area contributed by atoms with E-state index < -0.39 is 23.5 Å². The number of esters is 1. The molecule has 0 fully saturated rings. The third-order valence-corrected chi connectivity index (χ3v) is 8.44. The van der Waals surface area contributed by atoms with Gasteiger partial charge in [-0.25, -0.2) is 9.07 Å². The summed E-state index contributed by atoms with van der Waals surface area (Å²) >= 11 is 0. The summed E-state index contributed by atoms with van der Waals surface area (Å²) in [5.74, 6) is -1.11. The highest BCUT2D eigenvalue weighted by atomic mass is 35.5. The maximum atomic E-state index is 16.5. The molecule has 0 saturated carbocycles. The molecule has 12 heteroatoms. The van der Waals surface area contributed by atoms with Crippen LogP contribution in [0.4, 0.5) is 23.2 Å². The number of hydrogen-bond acceptors (Lipinski definition) is 5. The predicted molar refractivity (Wildman–Crippen MR) is 172 cm³/mol. The van der Waals surface area contributed by atoms with Crippen LogP contribution in [0, 0.1) is 5.82 Å². The quantitative estimate of drug-likeness (QED) is 0.135. The first-order valence-corrected chi connectivity index (χ1v) is 14.9. The molecule has 242 valence electrons. The van der Waals surface area contributed by atoms with Gasteiger partial charge in [-0.3, -0.25) is 4.79 Å². The van der Waals surface area contributed by atoms with Crippen molar-refractivity contribution in [1.29, 1.82) is 0 Å². The van der Waals surface area contributed by atoms with Crippen molar-refractivity contribution in [2.75, 3.05) is 18.0 Å². The lowest BCUT2D eigenvalue weighted by Gasteiger charge is -2.29. The fraction of sp³-hybridized carbons (Fsp3) is 0.294. The van der Waals surface area contributed by atoms with E-state index in [-0.39, 0.29) is 25.6 Å². The number of carbonyl (C=O) groups is 1. The number of anilines is 1. The molecule has 2 aromatic heterocycles. The number of aromatic amines is 1. The largest absolute Gasteiger partial charge is 0.460 e. The predicted octanol–water partition coefficient (Wildman–Crippen LogP) is 7.29. The summed E-state index contributed by atoms with van der Waals surface area (Å²) in [6, 6.07) is 14.4. The van der Waals surface area contributed by atoms with E-state index in [9.17, 15) is 18.0 Å². The lowest BCUT2D eigenvalue weighted by molar-refractivity contribution is -0.143. The molecule has 0 bridgehead atoms. The Hall–Kier alpha value is -4.35. The minimum Gasteiger partial charge on any atom is -0.460 e. The van der Waals surface area contributed by atoms with Gasteiger partial charge in [0.25, 0.3) is 0 Å². The van der Waals surface area contributed by atoms with Crippen molar-refractivity contribution in [3.05, 3.63) is 100 Å². The van der Waals surface area contributed by atoms with Crippen molar-refractivity contribution in [3.63, 3.8) is 0 Å². The number of hydrogen-bond donors (Lipinski definition) is 2. The van der Waals surface area contributed by atoms with Gasteiger partial charge in [-0.2, -0.15) is 18.3 Å². The van der Waals surface area contributed by atoms with Crippen molar-refractivity contribution < 1.29 is 27.1 Å². The van der Waals surface area contributed by atoms with Crippen LogP contribution in [0.1, 0.15) is 47.4 Å². The van der Waals surface area contributed by atoms with Crippen LogP contribution in [0.3, 0.4) is 0 Å². The SMILES string of the molecule is CCc1cccc(CC)c1-n1nc2c(c1-c1c(F)cc(COC(=O)CN)c3[nH]ccc13)CN(c1ccc(C(F)(F)F)cc1)CC2.Cl. The van der Waals surface area contributed by atoms with Crippen molar-refractivity contribution in [2.45, 2.75) is 52.4 Å². The molecule has 0 unspecified atom stereocenters. The summed E-state index contributed by atoms with van der Waals surface area (Å²) in [7, 11) is 0. The topological polar surface area (TPSA) is 89.2 Å². The standard InChI is InChI=1S/C34H33F4N5O2.ClH/c1-3-20-6-5-7-21(4-2)32(20)43-33(30-25-12-14-40-31(25)22(16-27(30)35)19-45-29(44)17-39)26-18-42(15-13-28(26)41-43)24-10-8-23(9-11-24)34(36,37)38;/h5-12,14,16,40H,3-4,13,15,17-19,39H2,1-2H3;1H. The van der Waals surface area contributed by atoms with Crippen LogP contribution >= 0.6 is 12.4 Å². The van der Waals surface area contributed by atoms with E-state index in [1.54, 1.807) is 12.3 Å². The average molecular weight is 656 g/mol. The van der Waals surface area contributed by atoms with Gasteiger partial charge in [0, 0.05) is 53.5 Å². The number of aromatic nitrogens is 3. The molecule has 6 rings (SSSR count). The molecular formula is C34H34ClF4N5O2. The van der Waals surface area contributed by atoms with Crippen LogP contribution in [-0.4, -0.2) is 33.8 Å². The maximum absolute atomic E-state index is 16.5. The van der Waals surface area contributed by atoms with E-state index in [2.05, 4.69) is 18.8 Å². The lowest BCUT2D eigenvalue weighted by atomic mass is 9.95. The van der Waals surface area contributed by atoms with Gasteiger partial charge in [0.05, 0.1) is 34.7 Å². The fourth-order valence-corrected chi connectivity index (χ4v) is 6.20. The molecule has 0 amide bonds. The molecule has 5 aromatic rings. The third kappa shape index (κ3) is 5.96. The number of benzene rings is 3. The van der Waals surface area contributed by atoms with Crippen molar-refractivity contribution >= 4 is 35.0 Å². The zero-order valence-electron chi connectivity index (χ0n) is 25.4. The Kier molecular flexibility index (Phi) is 9.46. The van der Waals surface area contributed by atoms with Gasteiger partial charge in [0.2, 0.25) is 0 Å². The number of H-pyrrole nitrogens is 1. The molecule has 7 nitrogen and oxygen atoms in total. The molecule has 1 aliphatic rings. The monoisotopic (exact) mass is 655 g/mol. The van der Waals surface area contributed by atoms with E-state index in [1.165, 1.54) is 18.2 Å². The van der Waals surface area contributed by atoms with Crippen LogP contribution in [0.25, 0.3) is 27.8 Å². The van der Waals surface area contributed by atoms with Crippen molar-refractivity contribution in [1.82, 2.24) is 14.8 Å². The smallest absolute Gasteiger partial charge is 0.416 e. The molecule has 0 saturated heterocycles. The second-order valence-electron chi connectivity index (χ2n) is 11.1. The number of aryl methyl sites for hydroxylation is 2. The van der Waals surface area contributed by atoms with Crippen LogP contribution in [-0.2, 0) is 48.1 Å². The average Bonchev–Trinajstić information content (AvgIpc) is 3.68. The van der Waals surface area contributed by atoms with Gasteiger partial charge >= 0.3 is 12.1 Å². The van der Waals surface area contributed by atoms with Crippen molar-refractivity contribution in [3.8, 4) is 16.9 Å². The van der Waals surface area contributed by atoms with E-state index in [0.717, 1.165) is 53.0 Å². The van der Waals surface area contributed by atoms with Gasteiger partial charge in [0.1, 0.15) is 12.4 Å². The van der Waals surface area contributed by atoms with Gasteiger partial charge in [-0.05, 0) is 60.4 Å². The number of rotatable bonds is 8. The number of nitrogens with two attached hydrogens (primary N) is 1. The van der Waals surface area contributed by atoms with Crippen molar-refractivity contribution in [2.24, 2.45) is 5.73 Å². The number of alkyl halides is 3. The van der Waals surface area contributed by atoms with Crippen LogP contribution in [0.2, 0.25) is 0 Å². The van der Waals surface area contributed by atoms with E-state index in [4.69, 9.17) is 15.6 Å². The van der Waals surface area contributed by atoms with E-state index in [0.29, 0.717) is 52.9 Å². The minimum atomic E-state index is -4.43. The molecule has 0 atom stereocenters. The number of fused-ring (bicyclic) bond motifs is 2. The molecule has 0 spiro atoms. The Balaban J connectivity index is 0.00000417. The zero-order chi connectivity index (χ0) is 31.9. The van der Waals surface area contributed by atoms with E-state index in [1.807, 2.05) is 27.8 Å². The molecule has 3 heterocycles.